The molecule has 1 aliphatic heterocycles. The lowest BCUT2D eigenvalue weighted by molar-refractivity contribution is -0.389. The van der Waals surface area contributed by atoms with Crippen LogP contribution in [0.15, 0.2) is 30.5 Å². The van der Waals surface area contributed by atoms with Crippen LogP contribution in [0.2, 0.25) is 5.28 Å². The van der Waals surface area contributed by atoms with Crippen LogP contribution in [0.4, 0.5) is 11.5 Å². The van der Waals surface area contributed by atoms with E-state index in [0.717, 1.165) is 31.6 Å². The SMILES string of the molecule is CN(CC(C)(O)Cn1cc([N+](=O)[O-])nc1Cl)C1CCN(c2ccc(C#N)cc2)CC1. The van der Waals surface area contributed by atoms with E-state index in [-0.39, 0.29) is 17.6 Å². The molecule has 30 heavy (non-hydrogen) atoms. The molecule has 10 heteroatoms. The number of anilines is 1. The molecule has 0 amide bonds. The number of nitro groups is 1. The van der Waals surface area contributed by atoms with Gasteiger partial charge in [0, 0.05) is 31.4 Å². The Bertz CT molecular complexity index is 929. The van der Waals surface area contributed by atoms with Gasteiger partial charge < -0.3 is 25.0 Å². The van der Waals surface area contributed by atoms with E-state index in [4.69, 9.17) is 16.9 Å². The van der Waals surface area contributed by atoms with Crippen molar-refractivity contribution in [2.75, 3.05) is 31.6 Å². The van der Waals surface area contributed by atoms with Crippen LogP contribution in [0, 0.1) is 21.4 Å². The van der Waals surface area contributed by atoms with Crippen molar-refractivity contribution in [3.63, 3.8) is 0 Å². The zero-order chi connectivity index (χ0) is 21.9. The summed E-state index contributed by atoms with van der Waals surface area (Å²) in [6.07, 6.45) is 3.14. The number of nitriles is 1. The van der Waals surface area contributed by atoms with E-state index < -0.39 is 10.5 Å². The Kier molecular flexibility index (Phi) is 6.61. The van der Waals surface area contributed by atoms with E-state index in [1.165, 1.54) is 10.8 Å². The van der Waals surface area contributed by atoms with E-state index in [0.29, 0.717) is 18.2 Å². The predicted molar refractivity (Wildman–Crippen MR) is 114 cm³/mol. The summed E-state index contributed by atoms with van der Waals surface area (Å²) in [5, 5.41) is 30.6. The van der Waals surface area contributed by atoms with Gasteiger partial charge in [-0.25, -0.2) is 0 Å². The lowest BCUT2D eigenvalue weighted by Crippen LogP contribution is -2.49. The van der Waals surface area contributed by atoms with Crippen LogP contribution in [0.3, 0.4) is 0 Å². The molecule has 0 spiro atoms. The monoisotopic (exact) mass is 432 g/mol. The van der Waals surface area contributed by atoms with Gasteiger partial charge in [0.25, 0.3) is 0 Å². The number of nitrogens with zero attached hydrogens (tertiary/aromatic N) is 6. The summed E-state index contributed by atoms with van der Waals surface area (Å²) >= 11 is 5.97. The number of benzene rings is 1. The fourth-order valence-corrected chi connectivity index (χ4v) is 4.17. The molecule has 1 atom stereocenters. The Morgan fingerprint density at radius 2 is 2.03 bits per heavy atom. The summed E-state index contributed by atoms with van der Waals surface area (Å²) in [5.41, 5.74) is 0.634. The van der Waals surface area contributed by atoms with Gasteiger partial charge in [0.15, 0.2) is 0 Å². The Balaban J connectivity index is 1.55. The first-order valence-corrected chi connectivity index (χ1v) is 10.1. The molecule has 1 aromatic carbocycles. The van der Waals surface area contributed by atoms with Gasteiger partial charge in [0.05, 0.1) is 23.8 Å². The molecule has 1 saturated heterocycles. The van der Waals surface area contributed by atoms with E-state index in [2.05, 4.69) is 20.9 Å². The fourth-order valence-electron chi connectivity index (χ4n) is 3.97. The zero-order valence-electron chi connectivity index (χ0n) is 17.0. The second-order valence-electron chi connectivity index (χ2n) is 8.04. The van der Waals surface area contributed by atoms with E-state index >= 15 is 0 Å². The quantitative estimate of drug-likeness (QED) is 0.528. The van der Waals surface area contributed by atoms with Crippen LogP contribution in [0.1, 0.15) is 25.3 Å². The first-order valence-electron chi connectivity index (χ1n) is 9.73. The van der Waals surface area contributed by atoms with Crippen LogP contribution < -0.4 is 4.90 Å². The summed E-state index contributed by atoms with van der Waals surface area (Å²) in [5.74, 6) is -0.334. The molecular weight excluding hydrogens is 408 g/mol. The highest BCUT2D eigenvalue weighted by molar-refractivity contribution is 6.28. The number of imidazole rings is 1. The molecule has 1 aromatic heterocycles. The Hall–Kier alpha value is -2.67. The van der Waals surface area contributed by atoms with Crippen molar-refractivity contribution in [3.05, 3.63) is 51.4 Å². The lowest BCUT2D eigenvalue weighted by Gasteiger charge is -2.40. The molecular formula is C20H25ClN6O3. The minimum atomic E-state index is -1.13. The van der Waals surface area contributed by atoms with Crippen molar-refractivity contribution in [1.29, 1.82) is 5.26 Å². The molecule has 0 radical (unpaired) electrons. The highest BCUT2D eigenvalue weighted by Gasteiger charge is 2.31. The Labute approximate surface area is 180 Å². The van der Waals surface area contributed by atoms with E-state index in [1.54, 1.807) is 6.92 Å². The van der Waals surface area contributed by atoms with Gasteiger partial charge in [-0.05, 0) is 72.6 Å². The third kappa shape index (κ3) is 5.27. The minimum Gasteiger partial charge on any atom is -0.387 e. The van der Waals surface area contributed by atoms with Crippen LogP contribution >= 0.6 is 11.6 Å². The smallest absolute Gasteiger partial charge is 0.383 e. The second-order valence-corrected chi connectivity index (χ2v) is 8.38. The average molecular weight is 433 g/mol. The normalized spacial score (nSPS) is 17.0. The molecule has 3 rings (SSSR count). The molecule has 0 saturated carbocycles. The van der Waals surface area contributed by atoms with Crippen molar-refractivity contribution in [3.8, 4) is 6.07 Å². The number of hydrogen-bond donors (Lipinski definition) is 1. The summed E-state index contributed by atoms with van der Waals surface area (Å²) in [4.78, 5) is 18.4. The highest BCUT2D eigenvalue weighted by atomic mass is 35.5. The number of hydrogen-bond acceptors (Lipinski definition) is 7. The largest absolute Gasteiger partial charge is 0.387 e. The number of likely N-dealkylation sites (N-methyl/N-ethyl adjacent to an activating group) is 1. The topological polar surface area (TPSA) is 111 Å². The molecule has 1 aliphatic rings. The third-order valence-corrected chi connectivity index (χ3v) is 5.75. The van der Waals surface area contributed by atoms with Gasteiger partial charge in [-0.3, -0.25) is 4.57 Å². The average Bonchev–Trinajstić information content (AvgIpc) is 3.08. The Morgan fingerprint density at radius 1 is 1.40 bits per heavy atom. The molecule has 0 aliphatic carbocycles. The van der Waals surface area contributed by atoms with Gasteiger partial charge in [-0.15, -0.1) is 0 Å². The first-order chi connectivity index (χ1) is 14.2. The van der Waals surface area contributed by atoms with Crippen LogP contribution in [0.25, 0.3) is 0 Å². The van der Waals surface area contributed by atoms with Crippen LogP contribution in [-0.2, 0) is 6.54 Å². The molecule has 2 heterocycles. The standard InChI is InChI=1S/C20H25ClN6O3/c1-20(28,14-26-12-18(27(29)30)23-19(26)21)13-24(2)16-7-9-25(10-8-16)17-5-3-15(11-22)4-6-17/h3-6,12,16,28H,7-10,13-14H2,1-2H3. The molecule has 0 bridgehead atoms. The molecule has 1 N–H and O–H groups in total. The fraction of sp³-hybridized carbons (Fsp3) is 0.500. The molecule has 2 aromatic rings. The van der Waals surface area contributed by atoms with E-state index in [9.17, 15) is 15.2 Å². The maximum absolute atomic E-state index is 10.9. The maximum Gasteiger partial charge on any atom is 0.383 e. The molecule has 1 unspecified atom stereocenters. The van der Waals surface area contributed by atoms with Gasteiger partial charge in [-0.2, -0.15) is 5.26 Å². The first kappa shape index (κ1) is 22.0. The van der Waals surface area contributed by atoms with Gasteiger partial charge >= 0.3 is 11.1 Å². The summed E-state index contributed by atoms with van der Waals surface area (Å²) in [6, 6.07) is 10.1. The minimum absolute atomic E-state index is 0.0136. The lowest BCUT2D eigenvalue weighted by atomic mass is 9.99. The number of aliphatic hydroxyl groups is 1. The number of halogens is 1. The van der Waals surface area contributed by atoms with Crippen molar-refractivity contribution in [2.45, 2.75) is 38.0 Å². The van der Waals surface area contributed by atoms with Crippen LogP contribution in [-0.4, -0.2) is 62.8 Å². The van der Waals surface area contributed by atoms with Gasteiger partial charge in [-0.1, -0.05) is 0 Å². The van der Waals surface area contributed by atoms with Crippen molar-refractivity contribution in [2.24, 2.45) is 0 Å². The van der Waals surface area contributed by atoms with Gasteiger partial charge in [0.1, 0.15) is 6.20 Å². The third-order valence-electron chi connectivity index (χ3n) is 5.45. The van der Waals surface area contributed by atoms with Crippen molar-refractivity contribution in [1.82, 2.24) is 14.5 Å². The summed E-state index contributed by atoms with van der Waals surface area (Å²) in [7, 11) is 1.98. The molecule has 160 valence electrons. The second kappa shape index (κ2) is 9.00. The molecule has 1 fully saturated rings. The zero-order valence-corrected chi connectivity index (χ0v) is 17.8. The summed E-state index contributed by atoms with van der Waals surface area (Å²) < 4.78 is 1.40. The van der Waals surface area contributed by atoms with Crippen molar-refractivity contribution < 1.29 is 10.0 Å². The van der Waals surface area contributed by atoms with Gasteiger partial charge in [0.2, 0.25) is 0 Å². The van der Waals surface area contributed by atoms with Crippen molar-refractivity contribution >= 4 is 23.1 Å². The van der Waals surface area contributed by atoms with Crippen LogP contribution in [0.5, 0.6) is 0 Å². The number of piperidine rings is 1. The summed E-state index contributed by atoms with van der Waals surface area (Å²) in [6.45, 7) is 3.99. The molecule has 9 nitrogen and oxygen atoms in total. The number of rotatable bonds is 7. The van der Waals surface area contributed by atoms with E-state index in [1.807, 2.05) is 31.3 Å². The predicted octanol–water partition coefficient (Wildman–Crippen LogP) is 2.67. The maximum atomic E-state index is 10.9. The Morgan fingerprint density at radius 3 is 2.57 bits per heavy atom. The number of aromatic nitrogens is 2. The highest BCUT2D eigenvalue weighted by Crippen LogP contribution is 2.24.